The first-order valence-corrected chi connectivity index (χ1v) is 6.74. The number of carboxylic acids is 1. The second-order valence-corrected chi connectivity index (χ2v) is 5.67. The summed E-state index contributed by atoms with van der Waals surface area (Å²) in [6.45, 7) is 0. The number of aromatic nitrogens is 1. The number of carbonyl (C=O) groups is 1. The summed E-state index contributed by atoms with van der Waals surface area (Å²) >= 11 is 1.14. The molecule has 19 heavy (non-hydrogen) atoms. The molecule has 1 heterocycles. The van der Waals surface area contributed by atoms with Crippen molar-refractivity contribution in [3.63, 3.8) is 0 Å². The van der Waals surface area contributed by atoms with Crippen LogP contribution in [-0.2, 0) is 6.18 Å². The number of carboxylic acid groups (broad SMARTS) is 1. The van der Waals surface area contributed by atoms with E-state index in [2.05, 4.69) is 4.98 Å². The zero-order valence-corrected chi connectivity index (χ0v) is 10.7. The molecule has 0 atom stereocenters. The van der Waals surface area contributed by atoms with Gasteiger partial charge in [-0.05, 0) is 25.0 Å². The number of rotatable bonds is 3. The lowest BCUT2D eigenvalue weighted by atomic mass is 10.2. The molecule has 104 valence electrons. The van der Waals surface area contributed by atoms with Crippen molar-refractivity contribution in [3.05, 3.63) is 23.4 Å². The van der Waals surface area contributed by atoms with Crippen LogP contribution in [0.1, 0.15) is 41.7 Å². The first-order chi connectivity index (χ1) is 8.88. The second-order valence-electron chi connectivity index (χ2n) is 4.38. The van der Waals surface area contributed by atoms with E-state index >= 15 is 0 Å². The van der Waals surface area contributed by atoms with Crippen molar-refractivity contribution in [2.24, 2.45) is 0 Å². The number of alkyl halides is 3. The number of aromatic carboxylic acids is 1. The average Bonchev–Trinajstić information content (AvgIpc) is 2.80. The molecule has 0 bridgehead atoms. The second kappa shape index (κ2) is 5.40. The SMILES string of the molecule is O=C(O)c1ccc(C(F)(F)F)nc1SC1CCCC1. The minimum atomic E-state index is -4.55. The van der Waals surface area contributed by atoms with E-state index in [1.54, 1.807) is 0 Å². The highest BCUT2D eigenvalue weighted by atomic mass is 32.2. The van der Waals surface area contributed by atoms with Gasteiger partial charge >= 0.3 is 12.1 Å². The van der Waals surface area contributed by atoms with Crippen LogP contribution < -0.4 is 0 Å². The maximum atomic E-state index is 12.6. The molecule has 0 spiro atoms. The summed E-state index contributed by atoms with van der Waals surface area (Å²) in [4.78, 5) is 14.5. The number of nitrogens with zero attached hydrogens (tertiary/aromatic N) is 1. The van der Waals surface area contributed by atoms with E-state index in [9.17, 15) is 18.0 Å². The van der Waals surface area contributed by atoms with Crippen molar-refractivity contribution in [2.45, 2.75) is 42.1 Å². The Labute approximate surface area is 112 Å². The van der Waals surface area contributed by atoms with Crippen LogP contribution in [0.15, 0.2) is 17.2 Å². The van der Waals surface area contributed by atoms with Gasteiger partial charge in [-0.3, -0.25) is 0 Å². The summed E-state index contributed by atoms with van der Waals surface area (Å²) in [5.41, 5.74) is -1.21. The van der Waals surface area contributed by atoms with Gasteiger partial charge in [0.25, 0.3) is 0 Å². The van der Waals surface area contributed by atoms with Crippen molar-refractivity contribution in [1.82, 2.24) is 4.98 Å². The molecule has 2 rings (SSSR count). The Hall–Kier alpha value is -1.24. The predicted octanol–water partition coefficient (Wildman–Crippen LogP) is 3.83. The van der Waals surface area contributed by atoms with Gasteiger partial charge in [-0.15, -0.1) is 11.8 Å². The summed E-state index contributed by atoms with van der Waals surface area (Å²) in [6.07, 6.45) is -0.719. The number of thioether (sulfide) groups is 1. The van der Waals surface area contributed by atoms with Crippen LogP contribution in [0.25, 0.3) is 0 Å². The standard InChI is InChI=1S/C12H12F3NO2S/c13-12(14,15)9-6-5-8(11(17)18)10(16-9)19-7-3-1-2-4-7/h5-7H,1-4H2,(H,17,18). The zero-order chi connectivity index (χ0) is 14.0. The van der Waals surface area contributed by atoms with Gasteiger partial charge in [-0.2, -0.15) is 13.2 Å². The molecule has 3 nitrogen and oxygen atoms in total. The highest BCUT2D eigenvalue weighted by Crippen LogP contribution is 2.37. The van der Waals surface area contributed by atoms with Crippen LogP contribution in [0.2, 0.25) is 0 Å². The van der Waals surface area contributed by atoms with Crippen molar-refractivity contribution >= 4 is 17.7 Å². The molecule has 1 N–H and O–H groups in total. The molecule has 1 aliphatic carbocycles. The maximum absolute atomic E-state index is 12.6. The normalized spacial score (nSPS) is 16.8. The summed E-state index contributed by atoms with van der Waals surface area (Å²) in [5, 5.41) is 9.13. The third-order valence-corrected chi connectivity index (χ3v) is 4.30. The van der Waals surface area contributed by atoms with E-state index in [0.717, 1.165) is 43.5 Å². The molecule has 1 fully saturated rings. The van der Waals surface area contributed by atoms with Crippen molar-refractivity contribution < 1.29 is 23.1 Å². The minimum absolute atomic E-state index is 0.0331. The summed E-state index contributed by atoms with van der Waals surface area (Å²) in [6, 6.07) is 1.69. The van der Waals surface area contributed by atoms with Gasteiger partial charge in [0.05, 0.1) is 5.56 Å². The monoisotopic (exact) mass is 291 g/mol. The van der Waals surface area contributed by atoms with E-state index in [-0.39, 0.29) is 15.8 Å². The molecule has 1 saturated carbocycles. The first-order valence-electron chi connectivity index (χ1n) is 5.86. The Kier molecular flexibility index (Phi) is 4.03. The lowest BCUT2D eigenvalue weighted by Gasteiger charge is -2.13. The number of hydrogen-bond donors (Lipinski definition) is 1. The van der Waals surface area contributed by atoms with E-state index in [1.807, 2.05) is 0 Å². The topological polar surface area (TPSA) is 50.2 Å². The van der Waals surface area contributed by atoms with Crippen LogP contribution in [0.5, 0.6) is 0 Å². The van der Waals surface area contributed by atoms with Crippen LogP contribution in [-0.4, -0.2) is 21.3 Å². The van der Waals surface area contributed by atoms with Crippen LogP contribution in [0, 0.1) is 0 Å². The molecule has 0 aliphatic heterocycles. The molecule has 7 heteroatoms. The Bertz CT molecular complexity index is 484. The van der Waals surface area contributed by atoms with Gasteiger partial charge in [0.15, 0.2) is 0 Å². The van der Waals surface area contributed by atoms with E-state index in [0.29, 0.717) is 6.07 Å². The fourth-order valence-electron chi connectivity index (χ4n) is 2.02. The Morgan fingerprint density at radius 1 is 1.32 bits per heavy atom. The van der Waals surface area contributed by atoms with E-state index in [4.69, 9.17) is 5.11 Å². The minimum Gasteiger partial charge on any atom is -0.478 e. The first kappa shape index (κ1) is 14.2. The Balaban J connectivity index is 2.32. The highest BCUT2D eigenvalue weighted by Gasteiger charge is 2.34. The van der Waals surface area contributed by atoms with Gasteiger partial charge in [0, 0.05) is 5.25 Å². The molecule has 1 aromatic rings. The molecule has 1 aromatic heterocycles. The molecular formula is C12H12F3NO2S. The van der Waals surface area contributed by atoms with Gasteiger partial charge in [0.1, 0.15) is 10.7 Å². The predicted molar refractivity (Wildman–Crippen MR) is 64.3 cm³/mol. The van der Waals surface area contributed by atoms with Gasteiger partial charge < -0.3 is 5.11 Å². The number of hydrogen-bond acceptors (Lipinski definition) is 3. The third kappa shape index (κ3) is 3.40. The van der Waals surface area contributed by atoms with Gasteiger partial charge in [-0.25, -0.2) is 9.78 Å². The average molecular weight is 291 g/mol. The lowest BCUT2D eigenvalue weighted by Crippen LogP contribution is -2.12. The molecule has 0 amide bonds. The largest absolute Gasteiger partial charge is 0.478 e. The van der Waals surface area contributed by atoms with Crippen LogP contribution >= 0.6 is 11.8 Å². The Morgan fingerprint density at radius 3 is 2.47 bits per heavy atom. The van der Waals surface area contributed by atoms with E-state index < -0.39 is 17.8 Å². The number of halogens is 3. The van der Waals surface area contributed by atoms with Crippen molar-refractivity contribution in [2.75, 3.05) is 0 Å². The quantitative estimate of drug-likeness (QED) is 0.919. The van der Waals surface area contributed by atoms with Crippen molar-refractivity contribution in [1.29, 1.82) is 0 Å². The van der Waals surface area contributed by atoms with Crippen molar-refractivity contribution in [3.8, 4) is 0 Å². The lowest BCUT2D eigenvalue weighted by molar-refractivity contribution is -0.141. The molecular weight excluding hydrogens is 279 g/mol. The summed E-state index contributed by atoms with van der Waals surface area (Å²) in [5.74, 6) is -1.25. The molecule has 0 saturated heterocycles. The van der Waals surface area contributed by atoms with Crippen LogP contribution in [0.4, 0.5) is 13.2 Å². The fourth-order valence-corrected chi connectivity index (χ4v) is 3.33. The molecule has 0 radical (unpaired) electrons. The highest BCUT2D eigenvalue weighted by molar-refractivity contribution is 7.99. The fraction of sp³-hybridized carbons (Fsp3) is 0.500. The maximum Gasteiger partial charge on any atom is 0.433 e. The summed E-state index contributed by atoms with van der Waals surface area (Å²) in [7, 11) is 0. The van der Waals surface area contributed by atoms with Crippen LogP contribution in [0.3, 0.4) is 0 Å². The van der Waals surface area contributed by atoms with E-state index in [1.165, 1.54) is 0 Å². The van der Waals surface area contributed by atoms with Gasteiger partial charge in [0.2, 0.25) is 0 Å². The summed E-state index contributed by atoms with van der Waals surface area (Å²) < 4.78 is 37.8. The Morgan fingerprint density at radius 2 is 1.95 bits per heavy atom. The third-order valence-electron chi connectivity index (χ3n) is 2.96. The van der Waals surface area contributed by atoms with Gasteiger partial charge in [-0.1, -0.05) is 12.8 Å². The smallest absolute Gasteiger partial charge is 0.433 e. The number of pyridine rings is 1. The zero-order valence-electron chi connectivity index (χ0n) is 9.91. The molecule has 0 unspecified atom stereocenters. The molecule has 0 aromatic carbocycles. The molecule has 1 aliphatic rings.